The molecular formula is C19H22FN7O2. The molecule has 0 unspecified atom stereocenters. The van der Waals surface area contributed by atoms with E-state index in [0.29, 0.717) is 36.5 Å². The second kappa shape index (κ2) is 7.63. The number of aromatic nitrogens is 4. The van der Waals surface area contributed by atoms with Gasteiger partial charge in [0.15, 0.2) is 11.5 Å². The van der Waals surface area contributed by atoms with E-state index in [0.717, 1.165) is 18.8 Å². The molecule has 1 aliphatic heterocycles. The second-order valence-corrected chi connectivity index (χ2v) is 7.10. The molecule has 0 saturated carbocycles. The molecule has 0 radical (unpaired) electrons. The topological polar surface area (TPSA) is 98.6 Å². The van der Waals surface area contributed by atoms with Gasteiger partial charge >= 0.3 is 0 Å². The molecule has 3 aromatic heterocycles. The number of hydrogen-bond acceptors (Lipinski definition) is 6. The Morgan fingerprint density at radius 2 is 2.03 bits per heavy atom. The molecule has 3 aromatic rings. The first-order valence-electron chi connectivity index (χ1n) is 9.37. The number of aryl methyl sites for hydroxylation is 1. The van der Waals surface area contributed by atoms with Gasteiger partial charge < -0.3 is 15.2 Å². The highest BCUT2D eigenvalue weighted by Gasteiger charge is 2.21. The first-order chi connectivity index (χ1) is 13.9. The number of H-pyrrole nitrogens is 1. The average molecular weight is 399 g/mol. The summed E-state index contributed by atoms with van der Waals surface area (Å²) in [5.41, 5.74) is 2.52. The Kier molecular flexibility index (Phi) is 5.01. The summed E-state index contributed by atoms with van der Waals surface area (Å²) in [4.78, 5) is 34.4. The summed E-state index contributed by atoms with van der Waals surface area (Å²) >= 11 is 0. The van der Waals surface area contributed by atoms with Crippen LogP contribution in [-0.2, 0) is 6.54 Å². The van der Waals surface area contributed by atoms with Gasteiger partial charge in [-0.25, -0.2) is 13.9 Å². The largest absolute Gasteiger partial charge is 0.368 e. The van der Waals surface area contributed by atoms with Gasteiger partial charge in [-0.05, 0) is 6.92 Å². The monoisotopic (exact) mass is 399 g/mol. The van der Waals surface area contributed by atoms with E-state index < -0.39 is 11.7 Å². The molecule has 0 atom stereocenters. The van der Waals surface area contributed by atoms with Gasteiger partial charge in [0.25, 0.3) is 11.5 Å². The second-order valence-electron chi connectivity index (χ2n) is 7.10. The van der Waals surface area contributed by atoms with Crippen molar-refractivity contribution in [2.75, 3.05) is 38.1 Å². The zero-order valence-corrected chi connectivity index (χ0v) is 16.3. The van der Waals surface area contributed by atoms with Crippen molar-refractivity contribution in [3.8, 4) is 0 Å². The van der Waals surface area contributed by atoms with E-state index in [1.807, 2.05) is 11.0 Å². The summed E-state index contributed by atoms with van der Waals surface area (Å²) in [6, 6.07) is 3.23. The molecule has 0 aromatic carbocycles. The number of nitrogens with zero attached hydrogens (tertiary/aromatic N) is 5. The molecule has 1 saturated heterocycles. The van der Waals surface area contributed by atoms with Gasteiger partial charge in [-0.3, -0.25) is 14.5 Å². The maximum absolute atomic E-state index is 14.2. The zero-order chi connectivity index (χ0) is 20.5. The Morgan fingerprint density at radius 3 is 2.72 bits per heavy atom. The summed E-state index contributed by atoms with van der Waals surface area (Å²) in [5.74, 6) is -1.17. The lowest BCUT2D eigenvalue weighted by Gasteiger charge is -2.35. The highest BCUT2D eigenvalue weighted by molar-refractivity contribution is 5.92. The van der Waals surface area contributed by atoms with E-state index in [9.17, 15) is 14.0 Å². The van der Waals surface area contributed by atoms with Crippen molar-refractivity contribution in [1.82, 2.24) is 29.8 Å². The van der Waals surface area contributed by atoms with Crippen molar-refractivity contribution in [2.45, 2.75) is 13.5 Å². The molecule has 1 fully saturated rings. The number of anilines is 1. The summed E-state index contributed by atoms with van der Waals surface area (Å²) in [6.45, 7) is 5.40. The fraction of sp³-hybridized carbons (Fsp3) is 0.368. The van der Waals surface area contributed by atoms with Gasteiger partial charge in [-0.1, -0.05) is 0 Å². The minimum Gasteiger partial charge on any atom is -0.368 e. The highest BCUT2D eigenvalue weighted by atomic mass is 19.1. The Morgan fingerprint density at radius 1 is 1.28 bits per heavy atom. The van der Waals surface area contributed by atoms with Crippen LogP contribution in [0.2, 0.25) is 0 Å². The molecule has 4 heterocycles. The molecule has 152 valence electrons. The summed E-state index contributed by atoms with van der Waals surface area (Å²) in [5, 5.41) is 6.90. The molecule has 10 heteroatoms. The van der Waals surface area contributed by atoms with Crippen molar-refractivity contribution >= 4 is 17.2 Å². The summed E-state index contributed by atoms with van der Waals surface area (Å²) in [7, 11) is 1.44. The van der Waals surface area contributed by atoms with Crippen LogP contribution >= 0.6 is 0 Å². The molecule has 1 amide bonds. The van der Waals surface area contributed by atoms with Gasteiger partial charge in [0, 0.05) is 63.7 Å². The van der Waals surface area contributed by atoms with Crippen LogP contribution in [0.15, 0.2) is 29.3 Å². The van der Waals surface area contributed by atoms with E-state index in [1.54, 1.807) is 17.6 Å². The van der Waals surface area contributed by atoms with E-state index in [2.05, 4.69) is 25.3 Å². The molecule has 1 aliphatic rings. The molecular weight excluding hydrogens is 377 g/mol. The number of halogens is 1. The van der Waals surface area contributed by atoms with Crippen molar-refractivity contribution in [3.05, 3.63) is 57.6 Å². The summed E-state index contributed by atoms with van der Waals surface area (Å²) in [6.07, 6.45) is 3.25. The number of hydrogen-bond donors (Lipinski definition) is 2. The third kappa shape index (κ3) is 3.83. The quantitative estimate of drug-likeness (QED) is 0.665. The number of amides is 1. The lowest BCUT2D eigenvalue weighted by molar-refractivity contribution is 0.0953. The Hall–Kier alpha value is -3.27. The minimum absolute atomic E-state index is 0.110. The molecule has 9 nitrogen and oxygen atoms in total. The van der Waals surface area contributed by atoms with Gasteiger partial charge in [0.1, 0.15) is 5.65 Å². The lowest BCUT2D eigenvalue weighted by Crippen LogP contribution is -2.46. The van der Waals surface area contributed by atoms with Crippen molar-refractivity contribution < 1.29 is 9.18 Å². The van der Waals surface area contributed by atoms with Gasteiger partial charge in [-0.15, -0.1) is 0 Å². The number of nitrogens with one attached hydrogen (secondary N) is 2. The standard InChI is InChI=1S/C19H22FN7O2/c1-12-10-27-16(23-18(12)28)7-13(24-27)11-25-3-5-26(6-4-25)14-8-15(20)17(22-9-14)19(29)21-2/h7-10H,3-6,11H2,1-2H3,(H,21,29)(H,23,28). The average Bonchev–Trinajstić information content (AvgIpc) is 3.09. The van der Waals surface area contributed by atoms with Crippen LogP contribution in [-0.4, -0.2) is 63.6 Å². The van der Waals surface area contributed by atoms with E-state index in [-0.39, 0.29) is 11.3 Å². The van der Waals surface area contributed by atoms with Crippen LogP contribution in [0.3, 0.4) is 0 Å². The summed E-state index contributed by atoms with van der Waals surface area (Å²) < 4.78 is 15.9. The van der Waals surface area contributed by atoms with E-state index >= 15 is 0 Å². The maximum atomic E-state index is 14.2. The van der Waals surface area contributed by atoms with Crippen LogP contribution in [0.4, 0.5) is 10.1 Å². The van der Waals surface area contributed by atoms with Crippen molar-refractivity contribution in [1.29, 1.82) is 0 Å². The third-order valence-electron chi connectivity index (χ3n) is 5.09. The molecule has 4 rings (SSSR count). The molecule has 0 spiro atoms. The van der Waals surface area contributed by atoms with Gasteiger partial charge in [0.2, 0.25) is 0 Å². The van der Waals surface area contributed by atoms with Gasteiger partial charge in [-0.2, -0.15) is 5.10 Å². The first-order valence-corrected chi connectivity index (χ1v) is 9.37. The Balaban J connectivity index is 1.40. The van der Waals surface area contributed by atoms with Crippen molar-refractivity contribution in [2.24, 2.45) is 0 Å². The van der Waals surface area contributed by atoms with Crippen molar-refractivity contribution in [3.63, 3.8) is 0 Å². The van der Waals surface area contributed by atoms with E-state index in [4.69, 9.17) is 0 Å². The number of aromatic amines is 1. The number of pyridine rings is 1. The predicted molar refractivity (Wildman–Crippen MR) is 106 cm³/mol. The third-order valence-corrected chi connectivity index (χ3v) is 5.09. The number of piperazine rings is 1. The van der Waals surface area contributed by atoms with E-state index in [1.165, 1.54) is 19.3 Å². The number of fused-ring (bicyclic) bond motifs is 1. The Labute approximate surface area is 166 Å². The number of rotatable bonds is 4. The van der Waals surface area contributed by atoms with Gasteiger partial charge in [0.05, 0.1) is 17.6 Å². The predicted octanol–water partition coefficient (Wildman–Crippen LogP) is 0.547. The van der Waals surface area contributed by atoms with Crippen LogP contribution in [0, 0.1) is 12.7 Å². The number of carbonyl (C=O) groups is 1. The molecule has 2 N–H and O–H groups in total. The maximum Gasteiger partial charge on any atom is 0.272 e. The van der Waals surface area contributed by atoms with Crippen LogP contribution in [0.1, 0.15) is 21.7 Å². The molecule has 29 heavy (non-hydrogen) atoms. The SMILES string of the molecule is CNC(=O)c1ncc(N2CCN(Cc3cc4[nH]c(=O)c(C)cn4n3)CC2)cc1F. The smallest absolute Gasteiger partial charge is 0.272 e. The first kappa shape index (κ1) is 19.1. The van der Waals surface area contributed by atoms with Crippen LogP contribution in [0.25, 0.3) is 5.65 Å². The minimum atomic E-state index is -0.627. The molecule has 0 bridgehead atoms. The highest BCUT2D eigenvalue weighted by Crippen LogP contribution is 2.19. The Bertz CT molecular complexity index is 1120. The van der Waals surface area contributed by atoms with Crippen LogP contribution < -0.4 is 15.8 Å². The molecule has 0 aliphatic carbocycles. The normalized spacial score (nSPS) is 15.1. The fourth-order valence-corrected chi connectivity index (χ4v) is 3.45. The van der Waals surface area contributed by atoms with Crippen LogP contribution in [0.5, 0.6) is 0 Å². The zero-order valence-electron chi connectivity index (χ0n) is 16.3. The lowest BCUT2D eigenvalue weighted by atomic mass is 10.2. The fourth-order valence-electron chi connectivity index (χ4n) is 3.45. The number of carbonyl (C=O) groups excluding carboxylic acids is 1.